The first-order valence-corrected chi connectivity index (χ1v) is 4.35. The summed E-state index contributed by atoms with van der Waals surface area (Å²) >= 11 is 0. The normalized spacial score (nSPS) is 15.4. The Bertz CT molecular complexity index is 267. The molecule has 0 saturated heterocycles. The van der Waals surface area contributed by atoms with Gasteiger partial charge in [0.15, 0.2) is 0 Å². The number of aliphatic hydroxyl groups is 1. The summed E-state index contributed by atoms with van der Waals surface area (Å²) in [5, 5.41) is 8.96. The smallest absolute Gasteiger partial charge is 0.0612 e. The van der Waals surface area contributed by atoms with Crippen molar-refractivity contribution in [3.8, 4) is 0 Å². The molecular weight excluding hydrogens is 164 g/mol. The highest BCUT2D eigenvalue weighted by Gasteiger charge is 2.17. The summed E-state index contributed by atoms with van der Waals surface area (Å²) < 4.78 is 0. The number of nitrogens with zero attached hydrogens (tertiary/aromatic N) is 1. The lowest BCUT2D eigenvalue weighted by Crippen LogP contribution is -2.42. The third kappa shape index (κ3) is 3.13. The van der Waals surface area contributed by atoms with Crippen LogP contribution in [0, 0.1) is 6.92 Å². The summed E-state index contributed by atoms with van der Waals surface area (Å²) in [6, 6.07) is 3.94. The van der Waals surface area contributed by atoms with E-state index >= 15 is 0 Å². The van der Waals surface area contributed by atoms with Gasteiger partial charge >= 0.3 is 0 Å². The molecule has 0 aliphatic heterocycles. The average Bonchev–Trinajstić information content (AvgIpc) is 2.09. The van der Waals surface area contributed by atoms with Crippen LogP contribution in [0.1, 0.15) is 18.2 Å². The van der Waals surface area contributed by atoms with E-state index in [-0.39, 0.29) is 6.61 Å². The van der Waals surface area contributed by atoms with Crippen molar-refractivity contribution < 1.29 is 5.11 Å². The predicted molar refractivity (Wildman–Crippen MR) is 52.4 cm³/mol. The minimum Gasteiger partial charge on any atom is -0.394 e. The van der Waals surface area contributed by atoms with Crippen molar-refractivity contribution in [2.45, 2.75) is 25.8 Å². The Morgan fingerprint density at radius 1 is 1.54 bits per heavy atom. The van der Waals surface area contributed by atoms with E-state index in [1.807, 2.05) is 32.2 Å². The highest BCUT2D eigenvalue weighted by molar-refractivity contribution is 5.14. The van der Waals surface area contributed by atoms with Crippen molar-refractivity contribution in [2.75, 3.05) is 6.61 Å². The number of pyridine rings is 1. The van der Waals surface area contributed by atoms with Gasteiger partial charge in [0.05, 0.1) is 6.61 Å². The number of aryl methyl sites for hydroxylation is 1. The number of hydrogen-bond donors (Lipinski definition) is 2. The molecule has 1 rings (SSSR count). The number of aromatic nitrogens is 1. The predicted octanol–water partition coefficient (Wildman–Crippen LogP) is 0.642. The van der Waals surface area contributed by atoms with Crippen LogP contribution < -0.4 is 5.73 Å². The fraction of sp³-hybridized carbons (Fsp3) is 0.500. The molecule has 1 aromatic rings. The Morgan fingerprint density at radius 2 is 2.23 bits per heavy atom. The summed E-state index contributed by atoms with van der Waals surface area (Å²) in [5.41, 5.74) is 7.28. The molecule has 0 fully saturated rings. The molecular formula is C10H16N2O. The Balaban J connectivity index is 2.69. The van der Waals surface area contributed by atoms with E-state index in [1.165, 1.54) is 0 Å². The van der Waals surface area contributed by atoms with Gasteiger partial charge in [-0.25, -0.2) is 0 Å². The monoisotopic (exact) mass is 180 g/mol. The van der Waals surface area contributed by atoms with Crippen LogP contribution in [-0.2, 0) is 6.42 Å². The number of nitrogens with two attached hydrogens (primary N) is 1. The third-order valence-corrected chi connectivity index (χ3v) is 1.92. The second-order valence-electron chi connectivity index (χ2n) is 3.82. The van der Waals surface area contributed by atoms with Gasteiger partial charge in [-0.1, -0.05) is 6.07 Å². The van der Waals surface area contributed by atoms with Crippen LogP contribution in [0.25, 0.3) is 0 Å². The highest BCUT2D eigenvalue weighted by atomic mass is 16.3. The molecule has 0 amide bonds. The molecule has 0 aliphatic carbocycles. The van der Waals surface area contributed by atoms with Crippen molar-refractivity contribution in [2.24, 2.45) is 5.73 Å². The first kappa shape index (κ1) is 10.2. The zero-order chi connectivity index (χ0) is 9.90. The van der Waals surface area contributed by atoms with Crippen LogP contribution in [0.3, 0.4) is 0 Å². The molecule has 13 heavy (non-hydrogen) atoms. The molecule has 3 nitrogen and oxygen atoms in total. The fourth-order valence-electron chi connectivity index (χ4n) is 1.07. The molecule has 1 atom stereocenters. The van der Waals surface area contributed by atoms with Crippen LogP contribution >= 0.6 is 0 Å². The van der Waals surface area contributed by atoms with Crippen molar-refractivity contribution in [3.63, 3.8) is 0 Å². The summed E-state index contributed by atoms with van der Waals surface area (Å²) in [4.78, 5) is 4.22. The van der Waals surface area contributed by atoms with Crippen LogP contribution in [-0.4, -0.2) is 22.2 Å². The highest BCUT2D eigenvalue weighted by Crippen LogP contribution is 2.08. The van der Waals surface area contributed by atoms with Crippen molar-refractivity contribution >= 4 is 0 Å². The van der Waals surface area contributed by atoms with Gasteiger partial charge in [-0.15, -0.1) is 0 Å². The van der Waals surface area contributed by atoms with Crippen molar-refractivity contribution in [3.05, 3.63) is 29.6 Å². The van der Waals surface area contributed by atoms with Gasteiger partial charge in [0.25, 0.3) is 0 Å². The molecule has 0 spiro atoms. The summed E-state index contributed by atoms with van der Waals surface area (Å²) in [6.45, 7) is 3.78. The summed E-state index contributed by atoms with van der Waals surface area (Å²) in [6.07, 6.45) is 2.41. The second-order valence-corrected chi connectivity index (χ2v) is 3.82. The maximum atomic E-state index is 8.96. The van der Waals surface area contributed by atoms with Gasteiger partial charge in [0, 0.05) is 23.9 Å². The van der Waals surface area contributed by atoms with Crippen LogP contribution in [0.2, 0.25) is 0 Å². The number of rotatable bonds is 3. The molecule has 3 N–H and O–H groups in total. The van der Waals surface area contributed by atoms with Crippen LogP contribution in [0.4, 0.5) is 0 Å². The Labute approximate surface area is 78.6 Å². The Morgan fingerprint density at radius 3 is 2.69 bits per heavy atom. The van der Waals surface area contributed by atoms with Gasteiger partial charge in [-0.3, -0.25) is 4.98 Å². The van der Waals surface area contributed by atoms with Gasteiger partial charge in [-0.2, -0.15) is 0 Å². The molecule has 1 aromatic heterocycles. The first-order chi connectivity index (χ1) is 6.03. The minimum atomic E-state index is -0.567. The average molecular weight is 180 g/mol. The molecule has 0 aliphatic rings. The first-order valence-electron chi connectivity index (χ1n) is 4.35. The largest absolute Gasteiger partial charge is 0.394 e. The summed E-state index contributed by atoms with van der Waals surface area (Å²) in [7, 11) is 0. The SMILES string of the molecule is Cc1ccc(CC(C)(N)CO)nc1. The molecule has 0 saturated carbocycles. The molecule has 0 radical (unpaired) electrons. The molecule has 1 heterocycles. The minimum absolute atomic E-state index is 0.0252. The van der Waals surface area contributed by atoms with Gasteiger partial charge in [0.1, 0.15) is 0 Å². The van der Waals surface area contributed by atoms with E-state index < -0.39 is 5.54 Å². The van der Waals surface area contributed by atoms with E-state index in [0.717, 1.165) is 11.3 Å². The molecule has 72 valence electrons. The van der Waals surface area contributed by atoms with Gasteiger partial charge in [-0.05, 0) is 25.5 Å². The molecule has 0 aromatic carbocycles. The quantitative estimate of drug-likeness (QED) is 0.717. The van der Waals surface area contributed by atoms with E-state index in [1.54, 1.807) is 0 Å². The molecule has 1 unspecified atom stereocenters. The van der Waals surface area contributed by atoms with E-state index in [4.69, 9.17) is 10.8 Å². The number of aliphatic hydroxyl groups excluding tert-OH is 1. The zero-order valence-electron chi connectivity index (χ0n) is 8.12. The van der Waals surface area contributed by atoms with Gasteiger partial charge in [0.2, 0.25) is 0 Å². The summed E-state index contributed by atoms with van der Waals surface area (Å²) in [5.74, 6) is 0. The maximum absolute atomic E-state index is 8.96. The lowest BCUT2D eigenvalue weighted by Gasteiger charge is -2.20. The maximum Gasteiger partial charge on any atom is 0.0612 e. The molecule has 3 heteroatoms. The standard InChI is InChI=1S/C10H16N2O/c1-8-3-4-9(12-6-8)5-10(2,11)7-13/h3-4,6,13H,5,7,11H2,1-2H3. The zero-order valence-corrected chi connectivity index (χ0v) is 8.12. The Hall–Kier alpha value is -0.930. The number of hydrogen-bond acceptors (Lipinski definition) is 3. The van der Waals surface area contributed by atoms with Crippen LogP contribution in [0.5, 0.6) is 0 Å². The van der Waals surface area contributed by atoms with Gasteiger partial charge < -0.3 is 10.8 Å². The molecule has 0 bridgehead atoms. The van der Waals surface area contributed by atoms with Crippen molar-refractivity contribution in [1.82, 2.24) is 4.98 Å². The van der Waals surface area contributed by atoms with Crippen molar-refractivity contribution in [1.29, 1.82) is 0 Å². The lowest BCUT2D eigenvalue weighted by molar-refractivity contribution is 0.207. The topological polar surface area (TPSA) is 59.1 Å². The Kier molecular flexibility index (Phi) is 3.01. The lowest BCUT2D eigenvalue weighted by atomic mass is 9.98. The third-order valence-electron chi connectivity index (χ3n) is 1.92. The second kappa shape index (κ2) is 3.85. The van der Waals surface area contributed by atoms with Crippen LogP contribution in [0.15, 0.2) is 18.3 Å². The van der Waals surface area contributed by atoms with E-state index in [0.29, 0.717) is 6.42 Å². The van der Waals surface area contributed by atoms with E-state index in [2.05, 4.69) is 4.98 Å². The fourth-order valence-corrected chi connectivity index (χ4v) is 1.07. The van der Waals surface area contributed by atoms with E-state index in [9.17, 15) is 0 Å².